The average Bonchev–Trinajstić information content (AvgIpc) is 2.75. The van der Waals surface area contributed by atoms with Crippen molar-refractivity contribution in [3.05, 3.63) is 18.7 Å². The molecule has 0 aliphatic rings. The lowest BCUT2D eigenvalue weighted by Crippen LogP contribution is -2.39. The third-order valence-electron chi connectivity index (χ3n) is 2.65. The van der Waals surface area contributed by atoms with E-state index in [-0.39, 0.29) is 42.7 Å². The first kappa shape index (κ1) is 19.6. The van der Waals surface area contributed by atoms with E-state index in [1.807, 2.05) is 24.6 Å². The molecule has 1 aromatic heterocycles. The number of carbonyl (C=O) groups excluding carboxylic acids is 1. The van der Waals surface area contributed by atoms with E-state index in [0.29, 0.717) is 6.54 Å². The van der Waals surface area contributed by atoms with Crippen LogP contribution in [0.3, 0.4) is 0 Å². The van der Waals surface area contributed by atoms with Crippen molar-refractivity contribution in [2.45, 2.75) is 32.9 Å². The van der Waals surface area contributed by atoms with Crippen LogP contribution in [-0.2, 0) is 11.3 Å². The van der Waals surface area contributed by atoms with Crippen molar-refractivity contribution < 1.29 is 4.79 Å². The van der Waals surface area contributed by atoms with Crippen LogP contribution < -0.4 is 11.1 Å². The third kappa shape index (κ3) is 6.83. The SMILES string of the molecule is CC(N)C(C)C(=O)NCCCn1ccnc1.Cl.Cl. The van der Waals surface area contributed by atoms with E-state index in [0.717, 1.165) is 13.0 Å². The van der Waals surface area contributed by atoms with Crippen molar-refractivity contribution >= 4 is 30.7 Å². The number of hydrogen-bond acceptors (Lipinski definition) is 3. The molecule has 0 aliphatic carbocycles. The summed E-state index contributed by atoms with van der Waals surface area (Å²) in [6.45, 7) is 5.23. The largest absolute Gasteiger partial charge is 0.356 e. The topological polar surface area (TPSA) is 72.9 Å². The van der Waals surface area contributed by atoms with E-state index >= 15 is 0 Å². The Morgan fingerprint density at radius 1 is 1.44 bits per heavy atom. The molecule has 1 heterocycles. The Hall–Kier alpha value is -0.780. The van der Waals surface area contributed by atoms with Gasteiger partial charge in [0, 0.05) is 37.4 Å². The summed E-state index contributed by atoms with van der Waals surface area (Å²) in [5.74, 6) is -0.103. The number of rotatable bonds is 6. The van der Waals surface area contributed by atoms with Crippen LogP contribution in [0.2, 0.25) is 0 Å². The van der Waals surface area contributed by atoms with Crippen LogP contribution in [-0.4, -0.2) is 28.0 Å². The number of halogens is 2. The van der Waals surface area contributed by atoms with Gasteiger partial charge in [0.15, 0.2) is 0 Å². The minimum Gasteiger partial charge on any atom is -0.356 e. The van der Waals surface area contributed by atoms with E-state index in [9.17, 15) is 4.79 Å². The van der Waals surface area contributed by atoms with Gasteiger partial charge in [-0.25, -0.2) is 4.98 Å². The summed E-state index contributed by atoms with van der Waals surface area (Å²) in [6.07, 6.45) is 6.32. The zero-order valence-electron chi connectivity index (χ0n) is 10.7. The fourth-order valence-electron chi connectivity index (χ4n) is 1.29. The summed E-state index contributed by atoms with van der Waals surface area (Å²) in [5.41, 5.74) is 5.65. The predicted molar refractivity (Wildman–Crippen MR) is 77.2 cm³/mol. The number of amides is 1. The third-order valence-corrected chi connectivity index (χ3v) is 2.65. The van der Waals surface area contributed by atoms with Crippen molar-refractivity contribution in [2.75, 3.05) is 6.54 Å². The second-order valence-corrected chi connectivity index (χ2v) is 4.09. The smallest absolute Gasteiger partial charge is 0.224 e. The highest BCUT2D eigenvalue weighted by Gasteiger charge is 2.15. The number of aryl methyl sites for hydroxylation is 1. The van der Waals surface area contributed by atoms with Gasteiger partial charge in [0.2, 0.25) is 5.91 Å². The second-order valence-electron chi connectivity index (χ2n) is 4.09. The molecule has 5 nitrogen and oxygen atoms in total. The maximum absolute atomic E-state index is 11.5. The number of hydrogen-bond donors (Lipinski definition) is 2. The first-order valence-electron chi connectivity index (χ1n) is 5.60. The molecule has 0 spiro atoms. The molecule has 1 rings (SSSR count). The molecule has 0 saturated carbocycles. The fourth-order valence-corrected chi connectivity index (χ4v) is 1.29. The van der Waals surface area contributed by atoms with Crippen molar-refractivity contribution in [3.8, 4) is 0 Å². The molecule has 0 bridgehead atoms. The molecule has 0 fully saturated rings. The lowest BCUT2D eigenvalue weighted by Gasteiger charge is -2.15. The highest BCUT2D eigenvalue weighted by Crippen LogP contribution is 1.99. The Morgan fingerprint density at radius 3 is 2.61 bits per heavy atom. The lowest BCUT2D eigenvalue weighted by atomic mass is 10.0. The molecule has 3 N–H and O–H groups in total. The summed E-state index contributed by atoms with van der Waals surface area (Å²) in [5, 5.41) is 2.87. The van der Waals surface area contributed by atoms with E-state index in [2.05, 4.69) is 10.3 Å². The van der Waals surface area contributed by atoms with Crippen LogP contribution in [0.15, 0.2) is 18.7 Å². The molecule has 0 saturated heterocycles. The first-order chi connectivity index (χ1) is 7.61. The van der Waals surface area contributed by atoms with E-state index in [4.69, 9.17) is 5.73 Å². The van der Waals surface area contributed by atoms with Crippen molar-refractivity contribution in [2.24, 2.45) is 11.7 Å². The molecule has 18 heavy (non-hydrogen) atoms. The standard InChI is InChI=1S/C11H20N4O.2ClH/c1-9(10(2)12)11(16)14-4-3-6-15-7-5-13-8-15;;/h5,7-10H,3-4,6,12H2,1-2H3,(H,14,16);2*1H. The van der Waals surface area contributed by atoms with Gasteiger partial charge < -0.3 is 15.6 Å². The molecule has 1 aromatic rings. The first-order valence-corrected chi connectivity index (χ1v) is 5.60. The zero-order valence-corrected chi connectivity index (χ0v) is 12.3. The molecule has 2 unspecified atom stereocenters. The summed E-state index contributed by atoms with van der Waals surface area (Å²) in [6, 6.07) is -0.103. The summed E-state index contributed by atoms with van der Waals surface area (Å²) < 4.78 is 1.99. The van der Waals surface area contributed by atoms with Gasteiger partial charge in [-0.05, 0) is 13.3 Å². The Labute approximate surface area is 120 Å². The quantitative estimate of drug-likeness (QED) is 0.775. The Balaban J connectivity index is 0. The van der Waals surface area contributed by atoms with E-state index < -0.39 is 0 Å². The summed E-state index contributed by atoms with van der Waals surface area (Å²) in [7, 11) is 0. The summed E-state index contributed by atoms with van der Waals surface area (Å²) >= 11 is 0. The Kier molecular flexibility index (Phi) is 11.1. The molecule has 1 amide bonds. The van der Waals surface area contributed by atoms with Gasteiger partial charge in [0.05, 0.1) is 6.33 Å². The van der Waals surface area contributed by atoms with Crippen LogP contribution >= 0.6 is 24.8 Å². The van der Waals surface area contributed by atoms with Crippen LogP contribution in [0.4, 0.5) is 0 Å². The van der Waals surface area contributed by atoms with E-state index in [1.54, 1.807) is 12.5 Å². The monoisotopic (exact) mass is 296 g/mol. The average molecular weight is 297 g/mol. The van der Waals surface area contributed by atoms with Crippen LogP contribution in [0, 0.1) is 5.92 Å². The lowest BCUT2D eigenvalue weighted by molar-refractivity contribution is -0.124. The second kappa shape index (κ2) is 10.2. The minimum absolute atomic E-state index is 0. The van der Waals surface area contributed by atoms with E-state index in [1.165, 1.54) is 0 Å². The molecule has 0 aliphatic heterocycles. The highest BCUT2D eigenvalue weighted by atomic mass is 35.5. The Morgan fingerprint density at radius 2 is 2.11 bits per heavy atom. The minimum atomic E-state index is -0.131. The molecule has 2 atom stereocenters. The number of imidazole rings is 1. The van der Waals surface area contributed by atoms with Crippen molar-refractivity contribution in [1.82, 2.24) is 14.9 Å². The predicted octanol–water partition coefficient (Wildman–Crippen LogP) is 1.22. The number of nitrogens with zero attached hydrogens (tertiary/aromatic N) is 2. The van der Waals surface area contributed by atoms with Gasteiger partial charge in [-0.3, -0.25) is 4.79 Å². The van der Waals surface area contributed by atoms with Gasteiger partial charge in [-0.1, -0.05) is 6.92 Å². The van der Waals surface area contributed by atoms with Gasteiger partial charge in [-0.15, -0.1) is 24.8 Å². The van der Waals surface area contributed by atoms with Crippen molar-refractivity contribution in [3.63, 3.8) is 0 Å². The zero-order chi connectivity index (χ0) is 12.0. The molecular formula is C11H22Cl2N4O. The number of nitrogens with one attached hydrogen (secondary N) is 1. The number of carbonyl (C=O) groups is 1. The molecule has 0 radical (unpaired) electrons. The van der Waals surface area contributed by atoms with Gasteiger partial charge in [-0.2, -0.15) is 0 Å². The Bertz CT molecular complexity index is 317. The molecular weight excluding hydrogens is 275 g/mol. The molecule has 7 heteroatoms. The summed E-state index contributed by atoms with van der Waals surface area (Å²) in [4.78, 5) is 15.5. The fraction of sp³-hybridized carbons (Fsp3) is 0.636. The maximum Gasteiger partial charge on any atom is 0.224 e. The maximum atomic E-state index is 11.5. The number of nitrogens with two attached hydrogens (primary N) is 1. The van der Waals surface area contributed by atoms with Gasteiger partial charge in [0.1, 0.15) is 0 Å². The van der Waals surface area contributed by atoms with Gasteiger partial charge in [0.25, 0.3) is 0 Å². The number of aromatic nitrogens is 2. The molecule has 0 aromatic carbocycles. The van der Waals surface area contributed by atoms with Gasteiger partial charge >= 0.3 is 0 Å². The van der Waals surface area contributed by atoms with Crippen LogP contribution in [0.5, 0.6) is 0 Å². The van der Waals surface area contributed by atoms with Crippen LogP contribution in [0.1, 0.15) is 20.3 Å². The molecule has 106 valence electrons. The highest BCUT2D eigenvalue weighted by molar-refractivity contribution is 5.85. The van der Waals surface area contributed by atoms with Crippen molar-refractivity contribution in [1.29, 1.82) is 0 Å². The normalized spacial score (nSPS) is 12.8. The van der Waals surface area contributed by atoms with Crippen LogP contribution in [0.25, 0.3) is 0 Å².